The zero-order valence-corrected chi connectivity index (χ0v) is 17.3. The van der Waals surface area contributed by atoms with E-state index < -0.39 is 0 Å². The van der Waals surface area contributed by atoms with Crippen LogP contribution in [-0.4, -0.2) is 56.7 Å². The SMILES string of the molecule is CC(NC(=O)N1CCN(c2oc(-c3ccco3)nc2C#N)CC1)c1nnc2ccccn12. The predicted molar refractivity (Wildman–Crippen MR) is 113 cm³/mol. The number of hydrogen-bond acceptors (Lipinski definition) is 8. The molecule has 1 aliphatic heterocycles. The molecule has 0 aromatic carbocycles. The first kappa shape index (κ1) is 19.6. The van der Waals surface area contributed by atoms with Gasteiger partial charge in [-0.15, -0.1) is 10.2 Å². The van der Waals surface area contributed by atoms with E-state index in [0.29, 0.717) is 43.6 Å². The van der Waals surface area contributed by atoms with Gasteiger partial charge < -0.3 is 24.0 Å². The molecule has 2 amide bonds. The Morgan fingerprint density at radius 2 is 2.03 bits per heavy atom. The maximum atomic E-state index is 12.8. The normalized spacial score (nSPS) is 15.0. The molecule has 162 valence electrons. The Morgan fingerprint density at radius 1 is 1.19 bits per heavy atom. The van der Waals surface area contributed by atoms with Crippen LogP contribution in [-0.2, 0) is 0 Å². The Morgan fingerprint density at radius 3 is 2.78 bits per heavy atom. The fourth-order valence-corrected chi connectivity index (χ4v) is 3.71. The van der Waals surface area contributed by atoms with Crippen molar-refractivity contribution < 1.29 is 13.6 Å². The van der Waals surface area contributed by atoms with E-state index in [-0.39, 0.29) is 23.7 Å². The molecule has 0 radical (unpaired) electrons. The lowest BCUT2D eigenvalue weighted by Crippen LogP contribution is -2.52. The Kier molecular flexibility index (Phi) is 4.95. The number of fused-ring (bicyclic) bond motifs is 1. The van der Waals surface area contributed by atoms with E-state index in [2.05, 4.69) is 26.6 Å². The number of nitrogens with one attached hydrogen (secondary N) is 1. The highest BCUT2D eigenvalue weighted by Gasteiger charge is 2.28. The monoisotopic (exact) mass is 432 g/mol. The molecule has 11 heteroatoms. The van der Waals surface area contributed by atoms with Gasteiger partial charge in [-0.05, 0) is 31.2 Å². The van der Waals surface area contributed by atoms with Gasteiger partial charge in [-0.1, -0.05) is 6.07 Å². The van der Waals surface area contributed by atoms with Crippen molar-refractivity contribution in [2.75, 3.05) is 31.1 Å². The first-order chi connectivity index (χ1) is 15.6. The van der Waals surface area contributed by atoms with Gasteiger partial charge in [0.25, 0.3) is 5.89 Å². The topological polar surface area (TPSA) is 129 Å². The number of carbonyl (C=O) groups is 1. The highest BCUT2D eigenvalue weighted by atomic mass is 16.4. The molecular formula is C21H20N8O3. The van der Waals surface area contributed by atoms with Crippen molar-refractivity contribution in [1.82, 2.24) is 29.8 Å². The van der Waals surface area contributed by atoms with Gasteiger partial charge in [0, 0.05) is 32.4 Å². The van der Waals surface area contributed by atoms with Gasteiger partial charge in [0.15, 0.2) is 17.2 Å². The number of nitrogens with zero attached hydrogens (tertiary/aromatic N) is 7. The highest BCUT2D eigenvalue weighted by molar-refractivity contribution is 5.75. The van der Waals surface area contributed by atoms with E-state index in [0.717, 1.165) is 5.65 Å². The maximum absolute atomic E-state index is 12.8. The summed E-state index contributed by atoms with van der Waals surface area (Å²) in [6.45, 7) is 3.84. The molecule has 4 aromatic rings. The number of carbonyl (C=O) groups excluding carboxylic acids is 1. The minimum atomic E-state index is -0.312. The molecule has 11 nitrogen and oxygen atoms in total. The van der Waals surface area contributed by atoms with E-state index in [9.17, 15) is 10.1 Å². The molecule has 0 aliphatic carbocycles. The summed E-state index contributed by atoms with van der Waals surface area (Å²) in [6, 6.07) is 10.7. The van der Waals surface area contributed by atoms with Crippen molar-refractivity contribution in [3.63, 3.8) is 0 Å². The summed E-state index contributed by atoms with van der Waals surface area (Å²) in [4.78, 5) is 20.7. The molecule has 5 heterocycles. The number of amides is 2. The maximum Gasteiger partial charge on any atom is 0.318 e. The van der Waals surface area contributed by atoms with Crippen LogP contribution in [0.15, 0.2) is 51.6 Å². The highest BCUT2D eigenvalue weighted by Crippen LogP contribution is 2.29. The second-order valence-corrected chi connectivity index (χ2v) is 7.39. The van der Waals surface area contributed by atoms with Gasteiger partial charge in [0.05, 0.1) is 12.3 Å². The van der Waals surface area contributed by atoms with Gasteiger partial charge in [-0.3, -0.25) is 4.40 Å². The second kappa shape index (κ2) is 8.07. The summed E-state index contributed by atoms with van der Waals surface area (Å²) < 4.78 is 13.0. The number of oxazole rings is 1. The lowest BCUT2D eigenvalue weighted by Gasteiger charge is -2.34. The summed E-state index contributed by atoms with van der Waals surface area (Å²) in [7, 11) is 0. The standard InChI is InChI=1S/C21H20N8O3/c1-14(18-26-25-17-6-2-3-7-29(17)18)23-21(30)28-10-8-27(9-11-28)20-15(13-22)24-19(32-20)16-5-4-12-31-16/h2-7,12,14H,8-11H2,1H3,(H,23,30). The Labute approximate surface area is 182 Å². The molecule has 1 atom stereocenters. The van der Waals surface area contributed by atoms with Crippen LogP contribution in [0.1, 0.15) is 24.5 Å². The Balaban J connectivity index is 1.23. The number of anilines is 1. The van der Waals surface area contributed by atoms with E-state index in [4.69, 9.17) is 8.83 Å². The van der Waals surface area contributed by atoms with E-state index in [1.54, 1.807) is 17.0 Å². The number of rotatable bonds is 4. The molecule has 1 saturated heterocycles. The Hall–Kier alpha value is -4.33. The molecule has 1 unspecified atom stereocenters. The third-order valence-electron chi connectivity index (χ3n) is 5.37. The molecular weight excluding hydrogens is 412 g/mol. The zero-order valence-electron chi connectivity index (χ0n) is 17.3. The van der Waals surface area contributed by atoms with Crippen molar-refractivity contribution in [3.05, 3.63) is 54.3 Å². The van der Waals surface area contributed by atoms with Crippen molar-refractivity contribution >= 4 is 17.6 Å². The number of nitriles is 1. The summed E-state index contributed by atoms with van der Waals surface area (Å²) in [5.41, 5.74) is 0.924. The second-order valence-electron chi connectivity index (χ2n) is 7.39. The minimum Gasteiger partial charge on any atom is -0.459 e. The number of hydrogen-bond donors (Lipinski definition) is 1. The van der Waals surface area contributed by atoms with Gasteiger partial charge >= 0.3 is 6.03 Å². The summed E-state index contributed by atoms with van der Waals surface area (Å²) in [5.74, 6) is 1.78. The quantitative estimate of drug-likeness (QED) is 0.521. The lowest BCUT2D eigenvalue weighted by atomic mass is 10.3. The average molecular weight is 432 g/mol. The van der Waals surface area contributed by atoms with Crippen LogP contribution in [0.25, 0.3) is 17.3 Å². The number of furan rings is 1. The van der Waals surface area contributed by atoms with Crippen molar-refractivity contribution in [2.45, 2.75) is 13.0 Å². The number of urea groups is 1. The molecule has 0 bridgehead atoms. The lowest BCUT2D eigenvalue weighted by molar-refractivity contribution is 0.190. The van der Waals surface area contributed by atoms with Crippen LogP contribution >= 0.6 is 0 Å². The summed E-state index contributed by atoms with van der Waals surface area (Å²) in [6.07, 6.45) is 3.39. The van der Waals surface area contributed by atoms with Crippen LogP contribution in [0, 0.1) is 11.3 Å². The van der Waals surface area contributed by atoms with Gasteiger partial charge in [-0.2, -0.15) is 10.2 Å². The first-order valence-electron chi connectivity index (χ1n) is 10.2. The minimum absolute atomic E-state index is 0.181. The predicted octanol–water partition coefficient (Wildman–Crippen LogP) is 2.44. The van der Waals surface area contributed by atoms with Gasteiger partial charge in [-0.25, -0.2) is 4.79 Å². The van der Waals surface area contributed by atoms with Crippen LogP contribution < -0.4 is 10.2 Å². The van der Waals surface area contributed by atoms with Crippen LogP contribution in [0.3, 0.4) is 0 Å². The van der Waals surface area contributed by atoms with E-state index in [1.165, 1.54) is 6.26 Å². The van der Waals surface area contributed by atoms with Crippen molar-refractivity contribution in [1.29, 1.82) is 5.26 Å². The average Bonchev–Trinajstić information content (AvgIpc) is 3.58. The zero-order chi connectivity index (χ0) is 22.1. The first-order valence-corrected chi connectivity index (χ1v) is 10.2. The molecule has 0 saturated carbocycles. The number of pyridine rings is 1. The third kappa shape index (κ3) is 3.51. The van der Waals surface area contributed by atoms with Crippen molar-refractivity contribution in [2.24, 2.45) is 0 Å². The van der Waals surface area contributed by atoms with Crippen LogP contribution in [0.5, 0.6) is 0 Å². The Bertz CT molecular complexity index is 1280. The smallest absolute Gasteiger partial charge is 0.318 e. The van der Waals surface area contributed by atoms with Gasteiger partial charge in [0.1, 0.15) is 6.07 Å². The molecule has 4 aromatic heterocycles. The number of piperazine rings is 1. The summed E-state index contributed by atoms with van der Waals surface area (Å²) in [5, 5.41) is 20.8. The fraction of sp³-hybridized carbons (Fsp3) is 0.286. The van der Waals surface area contributed by atoms with E-state index in [1.807, 2.05) is 40.6 Å². The van der Waals surface area contributed by atoms with E-state index >= 15 is 0 Å². The molecule has 1 fully saturated rings. The van der Waals surface area contributed by atoms with Gasteiger partial charge in [0.2, 0.25) is 11.6 Å². The molecule has 1 aliphatic rings. The molecule has 5 rings (SSSR count). The van der Waals surface area contributed by atoms with Crippen LogP contribution in [0.2, 0.25) is 0 Å². The third-order valence-corrected chi connectivity index (χ3v) is 5.37. The van der Waals surface area contributed by atoms with Crippen LogP contribution in [0.4, 0.5) is 10.7 Å². The fourth-order valence-electron chi connectivity index (χ4n) is 3.71. The van der Waals surface area contributed by atoms with Crippen molar-refractivity contribution in [3.8, 4) is 17.7 Å². The largest absolute Gasteiger partial charge is 0.459 e. The number of aromatic nitrogens is 4. The molecule has 32 heavy (non-hydrogen) atoms. The molecule has 0 spiro atoms. The molecule has 1 N–H and O–H groups in total. The summed E-state index contributed by atoms with van der Waals surface area (Å²) >= 11 is 0.